The van der Waals surface area contributed by atoms with E-state index in [2.05, 4.69) is 31.4 Å². The number of aromatic nitrogens is 3. The van der Waals surface area contributed by atoms with Crippen molar-refractivity contribution in [3.63, 3.8) is 0 Å². The van der Waals surface area contributed by atoms with Gasteiger partial charge in [-0.15, -0.1) is 10.2 Å². The van der Waals surface area contributed by atoms with Gasteiger partial charge in [0.05, 0.1) is 17.0 Å². The molecular formula is C25H19BrF3N5O3S. The molecular weight excluding hydrogens is 587 g/mol. The molecule has 8 nitrogen and oxygen atoms in total. The number of thioether (sulfide) groups is 1. The van der Waals surface area contributed by atoms with Gasteiger partial charge in [0.15, 0.2) is 11.0 Å². The Kier molecular flexibility index (Phi) is 8.17. The Morgan fingerprint density at radius 3 is 2.39 bits per heavy atom. The van der Waals surface area contributed by atoms with Gasteiger partial charge in [0.2, 0.25) is 0 Å². The number of hydrogen-bond donors (Lipinski definition) is 1. The summed E-state index contributed by atoms with van der Waals surface area (Å²) < 4.78 is 41.2. The number of rotatable bonds is 8. The zero-order chi connectivity index (χ0) is 27.4. The van der Waals surface area contributed by atoms with Crippen LogP contribution in [0.4, 0.5) is 18.9 Å². The third-order valence-corrected chi connectivity index (χ3v) is 7.04. The quantitative estimate of drug-likeness (QED) is 0.140. The first-order valence-electron chi connectivity index (χ1n) is 11.1. The summed E-state index contributed by atoms with van der Waals surface area (Å²) in [6.45, 7) is 1.56. The minimum absolute atomic E-state index is 0.0234. The molecule has 38 heavy (non-hydrogen) atoms. The van der Waals surface area contributed by atoms with Crippen LogP contribution in [0.3, 0.4) is 0 Å². The number of nitrogens with zero attached hydrogens (tertiary/aromatic N) is 4. The highest BCUT2D eigenvalue weighted by molar-refractivity contribution is 9.10. The first-order chi connectivity index (χ1) is 18.0. The number of carbonyl (C=O) groups is 1. The zero-order valence-electron chi connectivity index (χ0n) is 19.7. The van der Waals surface area contributed by atoms with E-state index in [-0.39, 0.29) is 17.8 Å². The number of benzene rings is 3. The minimum Gasteiger partial charge on any atom is -0.345 e. The first kappa shape index (κ1) is 27.3. The summed E-state index contributed by atoms with van der Waals surface area (Å²) in [4.78, 5) is 23.4. The Morgan fingerprint density at radius 2 is 1.76 bits per heavy atom. The molecule has 0 saturated carbocycles. The lowest BCUT2D eigenvalue weighted by atomic mass is 10.1. The van der Waals surface area contributed by atoms with Crippen LogP contribution < -0.4 is 5.32 Å². The maximum absolute atomic E-state index is 12.9. The molecule has 0 aliphatic carbocycles. The number of aryl methyl sites for hydroxylation is 1. The maximum atomic E-state index is 12.9. The van der Waals surface area contributed by atoms with Crippen LogP contribution in [-0.4, -0.2) is 25.6 Å². The second-order valence-corrected chi connectivity index (χ2v) is 9.99. The van der Waals surface area contributed by atoms with Crippen LogP contribution in [0.5, 0.6) is 0 Å². The van der Waals surface area contributed by atoms with Crippen LogP contribution in [0.2, 0.25) is 0 Å². The standard InChI is InChI=1S/C25H19BrF3N5O3S/c1-15-2-5-17(12-21(15)34(36)37)23(35)30-13-22-31-32-24(33(22)20-10-8-19(26)9-11-20)38-14-16-3-6-18(7-4-16)25(27,28)29/h2-12H,13-14H2,1H3,(H,30,35). The Hall–Kier alpha value is -3.71. The van der Waals surface area contributed by atoms with Gasteiger partial charge in [0, 0.05) is 33.1 Å². The van der Waals surface area contributed by atoms with Gasteiger partial charge in [-0.1, -0.05) is 45.9 Å². The van der Waals surface area contributed by atoms with E-state index in [0.717, 1.165) is 16.6 Å². The number of halogens is 4. The van der Waals surface area contributed by atoms with Gasteiger partial charge in [-0.2, -0.15) is 13.2 Å². The van der Waals surface area contributed by atoms with Crippen molar-refractivity contribution in [3.05, 3.63) is 109 Å². The Morgan fingerprint density at radius 1 is 1.08 bits per heavy atom. The lowest BCUT2D eigenvalue weighted by Crippen LogP contribution is -2.24. The molecule has 1 heterocycles. The van der Waals surface area contributed by atoms with E-state index in [9.17, 15) is 28.1 Å². The summed E-state index contributed by atoms with van der Waals surface area (Å²) in [7, 11) is 0. The summed E-state index contributed by atoms with van der Waals surface area (Å²) >= 11 is 4.67. The van der Waals surface area contributed by atoms with Crippen LogP contribution in [0.25, 0.3) is 5.69 Å². The van der Waals surface area contributed by atoms with Crippen LogP contribution in [0.15, 0.2) is 76.4 Å². The number of nitro benzene ring substituents is 1. The average Bonchev–Trinajstić information content (AvgIpc) is 3.29. The van der Waals surface area contributed by atoms with Crippen molar-refractivity contribution in [2.45, 2.75) is 30.6 Å². The molecule has 13 heteroatoms. The smallest absolute Gasteiger partial charge is 0.345 e. The topological polar surface area (TPSA) is 103 Å². The van der Waals surface area contributed by atoms with E-state index in [4.69, 9.17) is 0 Å². The van der Waals surface area contributed by atoms with Gasteiger partial charge >= 0.3 is 6.18 Å². The van der Waals surface area contributed by atoms with E-state index in [1.54, 1.807) is 11.5 Å². The minimum atomic E-state index is -4.41. The van der Waals surface area contributed by atoms with Crippen LogP contribution in [0.1, 0.15) is 32.9 Å². The molecule has 0 spiro atoms. The normalized spacial score (nSPS) is 11.4. The van der Waals surface area contributed by atoms with Crippen molar-refractivity contribution >= 4 is 39.3 Å². The third kappa shape index (κ3) is 6.40. The summed E-state index contributed by atoms with van der Waals surface area (Å²) in [5, 5.41) is 22.9. The van der Waals surface area contributed by atoms with Gasteiger partial charge in [-0.25, -0.2) is 0 Å². The molecule has 1 N–H and O–H groups in total. The maximum Gasteiger partial charge on any atom is 0.416 e. The molecule has 0 radical (unpaired) electrons. The molecule has 1 aromatic heterocycles. The third-order valence-electron chi connectivity index (χ3n) is 5.51. The molecule has 0 unspecified atom stereocenters. The molecule has 4 rings (SSSR count). The van der Waals surface area contributed by atoms with Gasteiger partial charge in [-0.3, -0.25) is 19.5 Å². The zero-order valence-corrected chi connectivity index (χ0v) is 22.1. The van der Waals surface area contributed by atoms with Gasteiger partial charge in [0.25, 0.3) is 11.6 Å². The molecule has 0 aliphatic heterocycles. The summed E-state index contributed by atoms with van der Waals surface area (Å²) in [5.74, 6) is 0.223. The van der Waals surface area contributed by atoms with E-state index in [1.165, 1.54) is 42.1 Å². The number of amides is 1. The second-order valence-electron chi connectivity index (χ2n) is 8.14. The van der Waals surface area contributed by atoms with Crippen molar-refractivity contribution in [1.29, 1.82) is 0 Å². The van der Waals surface area contributed by atoms with Crippen LogP contribution in [-0.2, 0) is 18.5 Å². The Labute approximate surface area is 227 Å². The van der Waals surface area contributed by atoms with Crippen molar-refractivity contribution in [2.24, 2.45) is 0 Å². The van der Waals surface area contributed by atoms with Gasteiger partial charge < -0.3 is 5.32 Å². The molecule has 0 saturated heterocycles. The van der Waals surface area contributed by atoms with Crippen molar-refractivity contribution in [3.8, 4) is 5.69 Å². The monoisotopic (exact) mass is 605 g/mol. The summed E-state index contributed by atoms with van der Waals surface area (Å²) in [6, 6.07) is 16.4. The predicted molar refractivity (Wildman–Crippen MR) is 139 cm³/mol. The fourth-order valence-corrected chi connectivity index (χ4v) is 4.70. The Bertz CT molecular complexity index is 1480. The highest BCUT2D eigenvalue weighted by Gasteiger charge is 2.30. The molecule has 1 amide bonds. The lowest BCUT2D eigenvalue weighted by Gasteiger charge is -2.12. The van der Waals surface area contributed by atoms with Crippen LogP contribution >= 0.6 is 27.7 Å². The van der Waals surface area contributed by atoms with E-state index in [0.29, 0.717) is 33.5 Å². The predicted octanol–water partition coefficient (Wildman–Crippen LogP) is 6.49. The highest BCUT2D eigenvalue weighted by Crippen LogP contribution is 2.31. The summed E-state index contributed by atoms with van der Waals surface area (Å²) in [5.41, 5.74) is 1.08. The lowest BCUT2D eigenvalue weighted by molar-refractivity contribution is -0.385. The summed E-state index contributed by atoms with van der Waals surface area (Å²) in [6.07, 6.45) is -4.41. The second kappa shape index (κ2) is 11.4. The van der Waals surface area contributed by atoms with Crippen LogP contribution in [0, 0.1) is 17.0 Å². The molecule has 0 fully saturated rings. The SMILES string of the molecule is Cc1ccc(C(=O)NCc2nnc(SCc3ccc(C(F)(F)F)cc3)n2-c2ccc(Br)cc2)cc1[N+](=O)[O-]. The van der Waals surface area contributed by atoms with Crippen molar-refractivity contribution < 1.29 is 22.9 Å². The number of hydrogen-bond acceptors (Lipinski definition) is 6. The number of nitrogens with one attached hydrogen (secondary N) is 1. The highest BCUT2D eigenvalue weighted by atomic mass is 79.9. The van der Waals surface area contributed by atoms with E-state index >= 15 is 0 Å². The fourth-order valence-electron chi connectivity index (χ4n) is 3.50. The average molecular weight is 606 g/mol. The van der Waals surface area contributed by atoms with Crippen molar-refractivity contribution in [2.75, 3.05) is 0 Å². The van der Waals surface area contributed by atoms with E-state index < -0.39 is 22.6 Å². The molecule has 0 atom stereocenters. The Balaban J connectivity index is 1.55. The molecule has 196 valence electrons. The first-order valence-corrected chi connectivity index (χ1v) is 12.8. The molecule has 4 aromatic rings. The number of nitro groups is 1. The fraction of sp³-hybridized carbons (Fsp3) is 0.160. The molecule has 0 aliphatic rings. The number of carbonyl (C=O) groups excluding carboxylic acids is 1. The molecule has 3 aromatic carbocycles. The largest absolute Gasteiger partial charge is 0.416 e. The van der Waals surface area contributed by atoms with E-state index in [1.807, 2.05) is 24.3 Å². The van der Waals surface area contributed by atoms with Gasteiger partial charge in [-0.05, 0) is 55.0 Å². The molecule has 0 bridgehead atoms. The number of alkyl halides is 3. The van der Waals surface area contributed by atoms with Gasteiger partial charge in [0.1, 0.15) is 0 Å². The van der Waals surface area contributed by atoms with Crippen molar-refractivity contribution in [1.82, 2.24) is 20.1 Å².